The molecule has 1 amide bonds. The molecule has 0 fully saturated rings. The van der Waals surface area contributed by atoms with Crippen molar-refractivity contribution in [2.45, 2.75) is 19.3 Å². The Morgan fingerprint density at radius 3 is 2.75 bits per heavy atom. The van der Waals surface area contributed by atoms with Crippen LogP contribution in [0.5, 0.6) is 0 Å². The maximum absolute atomic E-state index is 12.5. The van der Waals surface area contributed by atoms with Crippen molar-refractivity contribution >= 4 is 28.9 Å². The van der Waals surface area contributed by atoms with E-state index in [-0.39, 0.29) is 11.8 Å². The van der Waals surface area contributed by atoms with Gasteiger partial charge in [0.05, 0.1) is 23.0 Å². The lowest BCUT2D eigenvalue weighted by Crippen LogP contribution is -2.39. The summed E-state index contributed by atoms with van der Waals surface area (Å²) in [4.78, 5) is 12.5. The van der Waals surface area contributed by atoms with Crippen molar-refractivity contribution in [1.29, 1.82) is 5.26 Å². The number of benzene rings is 2. The van der Waals surface area contributed by atoms with E-state index in [2.05, 4.69) is 11.2 Å². The van der Waals surface area contributed by atoms with E-state index in [1.54, 1.807) is 24.3 Å². The number of carbonyl (C=O) groups is 1. The van der Waals surface area contributed by atoms with E-state index >= 15 is 0 Å². The van der Waals surface area contributed by atoms with Crippen molar-refractivity contribution in [2.75, 3.05) is 5.01 Å². The van der Waals surface area contributed by atoms with Crippen LogP contribution in [0, 0.1) is 17.2 Å². The lowest BCUT2D eigenvalue weighted by molar-refractivity contribution is -0.119. The molecule has 0 N–H and O–H groups in total. The number of rotatable bonds is 1. The molecule has 1 atom stereocenters. The number of amides is 1. The van der Waals surface area contributed by atoms with Gasteiger partial charge in [0, 0.05) is 22.9 Å². The van der Waals surface area contributed by atoms with Gasteiger partial charge in [-0.05, 0) is 54.8 Å². The molecule has 2 aliphatic rings. The number of nitriles is 1. The average molecular weight is 336 g/mol. The minimum absolute atomic E-state index is 0.0149. The Labute approximate surface area is 145 Å². The van der Waals surface area contributed by atoms with Crippen molar-refractivity contribution in [2.24, 2.45) is 11.0 Å². The summed E-state index contributed by atoms with van der Waals surface area (Å²) >= 11 is 6.16. The van der Waals surface area contributed by atoms with Crippen LogP contribution < -0.4 is 5.01 Å². The number of carbonyl (C=O) groups excluding carboxylic acids is 1. The van der Waals surface area contributed by atoms with Crippen molar-refractivity contribution in [3.05, 3.63) is 64.2 Å². The summed E-state index contributed by atoms with van der Waals surface area (Å²) in [6, 6.07) is 14.9. The van der Waals surface area contributed by atoms with Gasteiger partial charge in [-0.15, -0.1) is 0 Å². The fourth-order valence-electron chi connectivity index (χ4n) is 3.37. The van der Waals surface area contributed by atoms with Crippen LogP contribution in [0.2, 0.25) is 5.02 Å². The Hall–Kier alpha value is -2.64. The highest BCUT2D eigenvalue weighted by Crippen LogP contribution is 2.34. The van der Waals surface area contributed by atoms with Crippen LogP contribution in [0.3, 0.4) is 0 Å². The van der Waals surface area contributed by atoms with E-state index in [0.717, 1.165) is 24.1 Å². The first-order valence-corrected chi connectivity index (χ1v) is 8.24. The molecule has 24 heavy (non-hydrogen) atoms. The molecule has 0 radical (unpaired) electrons. The largest absolute Gasteiger partial charge is 0.273 e. The Morgan fingerprint density at radius 1 is 1.21 bits per heavy atom. The summed E-state index contributed by atoms with van der Waals surface area (Å²) in [5.41, 5.74) is 4.44. The SMILES string of the molecule is N#Cc1ccc(N2N=C3c4cc(Cl)ccc4CCC3CC2=O)cc1. The van der Waals surface area contributed by atoms with E-state index in [9.17, 15) is 4.79 Å². The van der Waals surface area contributed by atoms with Gasteiger partial charge in [0.25, 0.3) is 0 Å². The Balaban J connectivity index is 1.79. The number of hydrogen-bond donors (Lipinski definition) is 0. The van der Waals surface area contributed by atoms with Crippen molar-refractivity contribution < 1.29 is 4.79 Å². The molecule has 4 nitrogen and oxygen atoms in total. The highest BCUT2D eigenvalue weighted by molar-refractivity contribution is 6.31. The molecule has 0 saturated carbocycles. The second-order valence-electron chi connectivity index (χ2n) is 6.09. The second-order valence-corrected chi connectivity index (χ2v) is 6.53. The molecule has 1 aliphatic carbocycles. The van der Waals surface area contributed by atoms with Crippen molar-refractivity contribution in [1.82, 2.24) is 0 Å². The molecule has 1 heterocycles. The van der Waals surface area contributed by atoms with E-state index in [1.807, 2.05) is 18.2 Å². The fraction of sp³-hybridized carbons (Fsp3) is 0.211. The highest BCUT2D eigenvalue weighted by atomic mass is 35.5. The number of hydrogen-bond acceptors (Lipinski definition) is 3. The van der Waals surface area contributed by atoms with Gasteiger partial charge in [-0.2, -0.15) is 10.4 Å². The zero-order chi connectivity index (χ0) is 16.7. The summed E-state index contributed by atoms with van der Waals surface area (Å²) in [5.74, 6) is 0.136. The lowest BCUT2D eigenvalue weighted by Gasteiger charge is -2.33. The lowest BCUT2D eigenvalue weighted by atomic mass is 9.79. The normalized spacial score (nSPS) is 19.2. The first kappa shape index (κ1) is 14.9. The molecule has 0 saturated heterocycles. The number of hydrazone groups is 1. The topological polar surface area (TPSA) is 56.5 Å². The summed E-state index contributed by atoms with van der Waals surface area (Å²) in [5, 5.41) is 15.7. The zero-order valence-corrected chi connectivity index (χ0v) is 13.6. The maximum Gasteiger partial charge on any atom is 0.248 e. The standard InChI is InChI=1S/C19H14ClN3O/c20-15-6-5-13-3-4-14-9-18(24)23(22-19(14)17(13)10-15)16-7-1-12(11-21)2-8-16/h1-2,5-8,10,14H,3-4,9H2. The van der Waals surface area contributed by atoms with Crippen LogP contribution in [0.25, 0.3) is 0 Å². The molecule has 2 aromatic carbocycles. The van der Waals surface area contributed by atoms with Gasteiger partial charge >= 0.3 is 0 Å². The van der Waals surface area contributed by atoms with Gasteiger partial charge < -0.3 is 0 Å². The molecule has 0 aromatic heterocycles. The van der Waals surface area contributed by atoms with Crippen molar-refractivity contribution in [3.63, 3.8) is 0 Å². The van der Waals surface area contributed by atoms with Crippen LogP contribution in [0.4, 0.5) is 5.69 Å². The van der Waals surface area contributed by atoms with Crippen LogP contribution in [0.1, 0.15) is 29.5 Å². The molecule has 4 rings (SSSR count). The minimum atomic E-state index is -0.0149. The van der Waals surface area contributed by atoms with Crippen LogP contribution in [-0.2, 0) is 11.2 Å². The van der Waals surface area contributed by atoms with Gasteiger partial charge in [-0.25, -0.2) is 5.01 Å². The summed E-state index contributed by atoms with van der Waals surface area (Å²) in [6.45, 7) is 0. The van der Waals surface area contributed by atoms with E-state index in [1.165, 1.54) is 10.6 Å². The quantitative estimate of drug-likeness (QED) is 0.793. The molecule has 5 heteroatoms. The van der Waals surface area contributed by atoms with Crippen LogP contribution in [0.15, 0.2) is 47.6 Å². The molecule has 1 aliphatic heterocycles. The van der Waals surface area contributed by atoms with Gasteiger partial charge in [0.1, 0.15) is 0 Å². The third kappa shape index (κ3) is 2.47. The number of anilines is 1. The summed E-state index contributed by atoms with van der Waals surface area (Å²) in [7, 11) is 0. The Morgan fingerprint density at radius 2 is 2.00 bits per heavy atom. The van der Waals surface area contributed by atoms with E-state index in [4.69, 9.17) is 16.9 Å². The monoisotopic (exact) mass is 335 g/mol. The van der Waals surface area contributed by atoms with Crippen LogP contribution >= 0.6 is 11.6 Å². The Kier molecular flexibility index (Phi) is 3.59. The van der Waals surface area contributed by atoms with E-state index < -0.39 is 0 Å². The third-order valence-corrected chi connectivity index (χ3v) is 4.84. The Bertz CT molecular complexity index is 896. The summed E-state index contributed by atoms with van der Waals surface area (Å²) in [6.07, 6.45) is 2.32. The number of nitrogens with zero attached hydrogens (tertiary/aromatic N) is 3. The van der Waals surface area contributed by atoms with Crippen molar-refractivity contribution in [3.8, 4) is 6.07 Å². The van der Waals surface area contributed by atoms with Crippen LogP contribution in [-0.4, -0.2) is 11.6 Å². The minimum Gasteiger partial charge on any atom is -0.273 e. The molecular weight excluding hydrogens is 322 g/mol. The molecule has 1 unspecified atom stereocenters. The zero-order valence-electron chi connectivity index (χ0n) is 12.9. The third-order valence-electron chi connectivity index (χ3n) is 4.60. The predicted molar refractivity (Wildman–Crippen MR) is 93.1 cm³/mol. The first-order valence-electron chi connectivity index (χ1n) is 7.86. The molecule has 0 spiro atoms. The molecular formula is C19H14ClN3O. The van der Waals surface area contributed by atoms with Gasteiger partial charge in [-0.3, -0.25) is 4.79 Å². The number of halogens is 1. The highest BCUT2D eigenvalue weighted by Gasteiger charge is 2.34. The van der Waals surface area contributed by atoms with Gasteiger partial charge in [0.2, 0.25) is 5.91 Å². The van der Waals surface area contributed by atoms with Gasteiger partial charge in [-0.1, -0.05) is 17.7 Å². The number of fused-ring (bicyclic) bond motifs is 3. The van der Waals surface area contributed by atoms with E-state index in [0.29, 0.717) is 22.7 Å². The maximum atomic E-state index is 12.5. The fourth-order valence-corrected chi connectivity index (χ4v) is 3.54. The summed E-state index contributed by atoms with van der Waals surface area (Å²) < 4.78 is 0. The average Bonchev–Trinajstić information content (AvgIpc) is 2.61. The smallest absolute Gasteiger partial charge is 0.248 e. The molecule has 0 bridgehead atoms. The molecule has 118 valence electrons. The number of aryl methyl sites for hydroxylation is 1. The van der Waals surface area contributed by atoms with Gasteiger partial charge in [0.15, 0.2) is 0 Å². The first-order chi connectivity index (χ1) is 11.7. The second kappa shape index (κ2) is 5.77. The molecule has 2 aromatic rings. The predicted octanol–water partition coefficient (Wildman–Crippen LogP) is 3.92.